The topological polar surface area (TPSA) is 33.0 Å². The highest BCUT2D eigenvalue weighted by atomic mass is 16.5. The summed E-state index contributed by atoms with van der Waals surface area (Å²) in [5.41, 5.74) is 6.88. The fraction of sp³-hybridized carbons (Fsp3) is 0.0952. The minimum Gasteiger partial charge on any atom is -0.489 e. The van der Waals surface area contributed by atoms with Gasteiger partial charge < -0.3 is 4.74 Å². The lowest BCUT2D eigenvalue weighted by atomic mass is 9.92. The fourth-order valence-electron chi connectivity index (χ4n) is 3.84. The number of hydrogen-bond acceptors (Lipinski definition) is 2. The van der Waals surface area contributed by atoms with E-state index in [1.807, 2.05) is 12.1 Å². The van der Waals surface area contributed by atoms with Gasteiger partial charge in [0, 0.05) is 17.5 Å². The van der Waals surface area contributed by atoms with Crippen LogP contribution in [0, 0.1) is 11.3 Å². The molecule has 0 fully saturated rings. The molecule has 0 saturated heterocycles. The minimum atomic E-state index is 0.623. The van der Waals surface area contributed by atoms with Crippen molar-refractivity contribution in [2.45, 2.75) is 6.42 Å². The van der Waals surface area contributed by atoms with Crippen LogP contribution in [0.2, 0.25) is 0 Å². The minimum absolute atomic E-state index is 0.623. The van der Waals surface area contributed by atoms with Crippen LogP contribution in [-0.2, 0) is 6.42 Å². The monoisotopic (exact) mass is 295 g/mol. The van der Waals surface area contributed by atoms with Crippen molar-refractivity contribution in [2.24, 2.45) is 0 Å². The van der Waals surface area contributed by atoms with Gasteiger partial charge in [-0.15, -0.1) is 0 Å². The molecule has 1 aliphatic carbocycles. The summed E-state index contributed by atoms with van der Waals surface area (Å²) in [7, 11) is 0. The zero-order chi connectivity index (χ0) is 15.4. The van der Waals surface area contributed by atoms with E-state index in [0.29, 0.717) is 6.61 Å². The number of nitriles is 1. The molecule has 108 valence electrons. The molecule has 5 rings (SSSR count). The number of benzene rings is 3. The fourth-order valence-corrected chi connectivity index (χ4v) is 3.84. The molecule has 0 N–H and O–H groups in total. The van der Waals surface area contributed by atoms with Gasteiger partial charge in [-0.25, -0.2) is 0 Å². The van der Waals surface area contributed by atoms with E-state index < -0.39 is 0 Å². The van der Waals surface area contributed by atoms with Gasteiger partial charge in [-0.2, -0.15) is 5.26 Å². The highest BCUT2D eigenvalue weighted by Crippen LogP contribution is 2.49. The van der Waals surface area contributed by atoms with Gasteiger partial charge in [0.1, 0.15) is 12.4 Å². The van der Waals surface area contributed by atoms with Crippen LogP contribution in [0.1, 0.15) is 22.3 Å². The molecule has 0 bridgehead atoms. The maximum atomic E-state index is 9.17. The third-order valence-electron chi connectivity index (χ3n) is 4.79. The van der Waals surface area contributed by atoms with Gasteiger partial charge in [0.2, 0.25) is 0 Å². The van der Waals surface area contributed by atoms with Crippen LogP contribution in [0.5, 0.6) is 5.75 Å². The van der Waals surface area contributed by atoms with Gasteiger partial charge in [0.15, 0.2) is 0 Å². The summed E-state index contributed by atoms with van der Waals surface area (Å²) in [6.07, 6.45) is 5.07. The Morgan fingerprint density at radius 2 is 1.91 bits per heavy atom. The molecule has 1 heterocycles. The Morgan fingerprint density at radius 1 is 1.04 bits per heavy atom. The largest absolute Gasteiger partial charge is 0.489 e. The second kappa shape index (κ2) is 4.47. The molecule has 0 aromatic heterocycles. The van der Waals surface area contributed by atoms with Crippen molar-refractivity contribution in [3.8, 4) is 22.9 Å². The van der Waals surface area contributed by atoms with Crippen molar-refractivity contribution < 1.29 is 4.74 Å². The molecular weight excluding hydrogens is 282 g/mol. The van der Waals surface area contributed by atoms with Crippen LogP contribution < -0.4 is 4.74 Å². The number of nitrogens with zero attached hydrogens (tertiary/aromatic N) is 1. The first-order valence-corrected chi connectivity index (χ1v) is 7.77. The predicted octanol–water partition coefficient (Wildman–Crippen LogP) is 4.69. The Kier molecular flexibility index (Phi) is 2.43. The van der Waals surface area contributed by atoms with Crippen molar-refractivity contribution >= 4 is 16.8 Å². The van der Waals surface area contributed by atoms with E-state index >= 15 is 0 Å². The van der Waals surface area contributed by atoms with Crippen molar-refractivity contribution in [3.63, 3.8) is 0 Å². The van der Waals surface area contributed by atoms with Crippen LogP contribution in [0.4, 0.5) is 0 Å². The second-order valence-electron chi connectivity index (χ2n) is 6.02. The Hall–Kier alpha value is -3.05. The first kappa shape index (κ1) is 12.5. The molecule has 3 aromatic carbocycles. The number of ether oxygens (including phenoxy) is 1. The van der Waals surface area contributed by atoms with Crippen molar-refractivity contribution in [1.29, 1.82) is 5.26 Å². The van der Waals surface area contributed by atoms with E-state index in [9.17, 15) is 0 Å². The molecule has 0 spiro atoms. The molecule has 2 nitrogen and oxygen atoms in total. The summed E-state index contributed by atoms with van der Waals surface area (Å²) in [5, 5.41) is 11.7. The molecule has 2 heteroatoms. The summed E-state index contributed by atoms with van der Waals surface area (Å²) in [6, 6.07) is 16.7. The Balaban J connectivity index is 1.92. The number of fused-ring (bicyclic) bond motifs is 8. The lowest BCUT2D eigenvalue weighted by molar-refractivity contribution is 0.356. The maximum Gasteiger partial charge on any atom is 0.131 e. The average molecular weight is 295 g/mol. The van der Waals surface area contributed by atoms with Crippen molar-refractivity contribution in [3.05, 3.63) is 70.8 Å². The van der Waals surface area contributed by atoms with Crippen LogP contribution in [0.3, 0.4) is 0 Å². The van der Waals surface area contributed by atoms with Crippen molar-refractivity contribution in [1.82, 2.24) is 0 Å². The van der Waals surface area contributed by atoms with E-state index in [-0.39, 0.29) is 0 Å². The van der Waals surface area contributed by atoms with E-state index in [1.165, 1.54) is 38.6 Å². The summed E-state index contributed by atoms with van der Waals surface area (Å²) in [6.45, 7) is 0.623. The van der Waals surface area contributed by atoms with Gasteiger partial charge in [0.25, 0.3) is 0 Å². The average Bonchev–Trinajstić information content (AvgIpc) is 3.01. The van der Waals surface area contributed by atoms with Gasteiger partial charge in [0.05, 0.1) is 11.6 Å². The van der Waals surface area contributed by atoms with Crippen LogP contribution >= 0.6 is 0 Å². The molecule has 0 atom stereocenters. The van der Waals surface area contributed by atoms with Gasteiger partial charge >= 0.3 is 0 Å². The number of rotatable bonds is 0. The first-order valence-electron chi connectivity index (χ1n) is 7.77. The first-order chi connectivity index (χ1) is 11.4. The molecule has 0 radical (unpaired) electrons. The zero-order valence-corrected chi connectivity index (χ0v) is 12.5. The van der Waals surface area contributed by atoms with E-state index in [2.05, 4.69) is 48.6 Å². The zero-order valence-electron chi connectivity index (χ0n) is 12.5. The normalized spacial score (nSPS) is 13.9. The van der Waals surface area contributed by atoms with Crippen molar-refractivity contribution in [2.75, 3.05) is 6.61 Å². The highest BCUT2D eigenvalue weighted by molar-refractivity contribution is 6.07. The molecule has 0 saturated carbocycles. The van der Waals surface area contributed by atoms with E-state index in [4.69, 9.17) is 10.00 Å². The van der Waals surface area contributed by atoms with Gasteiger partial charge in [-0.1, -0.05) is 36.4 Å². The smallest absolute Gasteiger partial charge is 0.131 e. The SMILES string of the molecule is N#Cc1ccc2c(c1)Cc1c3c(c4ccccc4c1-2)C=CCO3. The predicted molar refractivity (Wildman–Crippen MR) is 91.4 cm³/mol. The highest BCUT2D eigenvalue weighted by Gasteiger charge is 2.28. The van der Waals surface area contributed by atoms with E-state index in [0.717, 1.165) is 17.7 Å². The lowest BCUT2D eigenvalue weighted by Crippen LogP contribution is -2.04. The summed E-state index contributed by atoms with van der Waals surface area (Å²) in [5.74, 6) is 1.01. The third kappa shape index (κ3) is 1.62. The quantitative estimate of drug-likeness (QED) is 0.471. The molecule has 23 heavy (non-hydrogen) atoms. The van der Waals surface area contributed by atoms with Crippen LogP contribution in [0.25, 0.3) is 28.0 Å². The summed E-state index contributed by atoms with van der Waals surface area (Å²) >= 11 is 0. The Bertz CT molecular complexity index is 1050. The molecule has 0 amide bonds. The molecule has 1 aliphatic heterocycles. The second-order valence-corrected chi connectivity index (χ2v) is 6.02. The van der Waals surface area contributed by atoms with Crippen LogP contribution in [-0.4, -0.2) is 6.61 Å². The molecular formula is C21H13NO. The molecule has 3 aromatic rings. The van der Waals surface area contributed by atoms with E-state index in [1.54, 1.807) is 0 Å². The van der Waals surface area contributed by atoms with Crippen LogP contribution in [0.15, 0.2) is 48.5 Å². The third-order valence-corrected chi connectivity index (χ3v) is 4.79. The molecule has 2 aliphatic rings. The Labute approximate surface area is 134 Å². The maximum absolute atomic E-state index is 9.17. The molecule has 0 unspecified atom stereocenters. The van der Waals surface area contributed by atoms with Gasteiger partial charge in [-0.3, -0.25) is 0 Å². The Morgan fingerprint density at radius 3 is 2.78 bits per heavy atom. The summed E-state index contributed by atoms with van der Waals surface area (Å²) < 4.78 is 6.01. The lowest BCUT2D eigenvalue weighted by Gasteiger charge is -2.20. The number of hydrogen-bond donors (Lipinski definition) is 0. The van der Waals surface area contributed by atoms with Gasteiger partial charge in [-0.05, 0) is 45.7 Å². The standard InChI is InChI=1S/C21H13NO/c22-12-13-7-8-15-14(10-13)11-19-20(15)17-5-2-1-4-16(17)18-6-3-9-23-21(18)19/h1-8,10H,9,11H2. The summed E-state index contributed by atoms with van der Waals surface area (Å²) in [4.78, 5) is 0.